The highest BCUT2D eigenvalue weighted by Gasteiger charge is 2.53. The smallest absolute Gasteiger partial charge is 0.416 e. The fraction of sp³-hybridized carbons (Fsp3) is 0.417. The van der Waals surface area contributed by atoms with E-state index in [-0.39, 0.29) is 90.0 Å². The first-order valence-corrected chi connectivity index (χ1v) is 18.1. The molecule has 16 nitrogen and oxygen atoms in total. The number of alkyl halides is 3. The summed E-state index contributed by atoms with van der Waals surface area (Å²) in [5, 5.41) is 26.7. The lowest BCUT2D eigenvalue weighted by Gasteiger charge is -2.38. The molecule has 1 saturated carbocycles. The summed E-state index contributed by atoms with van der Waals surface area (Å²) >= 11 is 6.13. The predicted octanol–water partition coefficient (Wildman–Crippen LogP) is 3.59. The number of hydrogen-bond donors (Lipinski definition) is 2. The Labute approximate surface area is 320 Å². The number of aromatic nitrogens is 6. The van der Waals surface area contributed by atoms with Gasteiger partial charge in [0.15, 0.2) is 17.3 Å². The predicted molar refractivity (Wildman–Crippen MR) is 189 cm³/mol. The Morgan fingerprint density at radius 1 is 1.11 bits per heavy atom. The average molecular weight is 793 g/mol. The number of aryl methyl sites for hydroxylation is 1. The van der Waals surface area contributed by atoms with Crippen molar-refractivity contribution in [1.29, 1.82) is 5.26 Å². The molecular weight excluding hydrogens is 761 g/mol. The van der Waals surface area contributed by atoms with Crippen molar-refractivity contribution >= 4 is 46.4 Å². The molecule has 1 aromatic carbocycles. The lowest BCUT2D eigenvalue weighted by molar-refractivity contribution is -0.137. The summed E-state index contributed by atoms with van der Waals surface area (Å²) in [6, 6.07) is 4.67. The number of nitriles is 1. The largest absolute Gasteiger partial charge is 0.504 e. The summed E-state index contributed by atoms with van der Waals surface area (Å²) in [5.74, 6) is -1.58. The quantitative estimate of drug-likeness (QED) is 0.289. The molecule has 8 rings (SSSR count). The van der Waals surface area contributed by atoms with E-state index >= 15 is 0 Å². The molecule has 1 aliphatic carbocycles. The van der Waals surface area contributed by atoms with Gasteiger partial charge in [-0.05, 0) is 62.8 Å². The Morgan fingerprint density at radius 3 is 2.50 bits per heavy atom. The number of benzene rings is 1. The molecule has 0 atom stereocenters. The number of halogens is 4. The van der Waals surface area contributed by atoms with Gasteiger partial charge in [-0.15, -0.1) is 5.10 Å². The summed E-state index contributed by atoms with van der Waals surface area (Å²) < 4.78 is 48.7. The van der Waals surface area contributed by atoms with Crippen LogP contribution in [0, 0.1) is 23.7 Å². The Hall–Kier alpha value is -5.87. The van der Waals surface area contributed by atoms with E-state index in [1.807, 2.05) is 0 Å². The summed E-state index contributed by atoms with van der Waals surface area (Å²) in [6.07, 6.45) is 0.0173. The molecule has 56 heavy (non-hydrogen) atoms. The number of rotatable bonds is 6. The highest BCUT2D eigenvalue weighted by atomic mass is 35.5. The van der Waals surface area contributed by atoms with Crippen LogP contribution in [0.2, 0.25) is 5.02 Å². The fourth-order valence-electron chi connectivity index (χ4n) is 7.51. The zero-order valence-corrected chi connectivity index (χ0v) is 30.4. The minimum atomic E-state index is -4.65. The van der Waals surface area contributed by atoms with Crippen LogP contribution < -0.4 is 10.9 Å². The summed E-state index contributed by atoms with van der Waals surface area (Å²) in [7, 11) is 0. The summed E-state index contributed by atoms with van der Waals surface area (Å²) in [4.78, 5) is 70.0. The minimum Gasteiger partial charge on any atom is -0.504 e. The molecule has 290 valence electrons. The number of aromatic hydroxyl groups is 1. The second-order valence-corrected chi connectivity index (χ2v) is 14.7. The van der Waals surface area contributed by atoms with E-state index < -0.39 is 46.7 Å². The van der Waals surface area contributed by atoms with Gasteiger partial charge in [-0.3, -0.25) is 19.2 Å². The van der Waals surface area contributed by atoms with Gasteiger partial charge in [-0.25, -0.2) is 9.97 Å². The first kappa shape index (κ1) is 37.1. The second-order valence-electron chi connectivity index (χ2n) is 14.3. The lowest BCUT2D eigenvalue weighted by atomic mass is 9.85. The first-order chi connectivity index (χ1) is 26.6. The number of nitrogens with one attached hydrogen (secondary N) is 1. The van der Waals surface area contributed by atoms with Gasteiger partial charge in [0.05, 0.1) is 45.9 Å². The van der Waals surface area contributed by atoms with Crippen molar-refractivity contribution in [1.82, 2.24) is 38.9 Å². The van der Waals surface area contributed by atoms with Gasteiger partial charge in [-0.1, -0.05) is 17.7 Å². The molecule has 4 aliphatic rings. The number of fused-ring (bicyclic) bond motifs is 3. The van der Waals surface area contributed by atoms with Crippen molar-refractivity contribution in [2.45, 2.75) is 64.0 Å². The van der Waals surface area contributed by atoms with Crippen LogP contribution in [-0.2, 0) is 39.3 Å². The van der Waals surface area contributed by atoms with Crippen molar-refractivity contribution in [3.63, 3.8) is 0 Å². The Kier molecular flexibility index (Phi) is 8.88. The van der Waals surface area contributed by atoms with Crippen molar-refractivity contribution in [2.75, 3.05) is 31.5 Å². The van der Waals surface area contributed by atoms with Gasteiger partial charge in [0.1, 0.15) is 23.9 Å². The first-order valence-electron chi connectivity index (χ1n) is 17.7. The number of piperidine rings is 1. The number of nitrogens with zero attached hydrogens (tertiary/aromatic N) is 9. The number of amides is 3. The third-order valence-electron chi connectivity index (χ3n) is 10.9. The molecule has 4 aromatic rings. The molecule has 0 radical (unpaired) electrons. The maximum Gasteiger partial charge on any atom is 0.416 e. The van der Waals surface area contributed by atoms with E-state index in [9.17, 15) is 42.7 Å². The van der Waals surface area contributed by atoms with Crippen LogP contribution in [0.1, 0.15) is 70.9 Å². The van der Waals surface area contributed by atoms with Gasteiger partial charge < -0.3 is 29.5 Å². The highest BCUT2D eigenvalue weighted by molar-refractivity contribution is 6.33. The summed E-state index contributed by atoms with van der Waals surface area (Å²) in [6.45, 7) is 1.74. The number of hydrogen-bond acceptors (Lipinski definition) is 11. The Balaban J connectivity index is 1.13. The van der Waals surface area contributed by atoms with Crippen LogP contribution in [-0.4, -0.2) is 87.9 Å². The van der Waals surface area contributed by atoms with E-state index in [1.165, 1.54) is 15.8 Å². The average Bonchev–Trinajstić information content (AvgIpc) is 3.71. The van der Waals surface area contributed by atoms with Crippen molar-refractivity contribution < 1.29 is 37.4 Å². The Bertz CT molecular complexity index is 2480. The molecular formula is C36H32ClF3N10O6. The molecule has 1 saturated heterocycles. The number of anilines is 1. The molecule has 20 heteroatoms. The maximum atomic E-state index is 14.4. The second kappa shape index (κ2) is 13.4. The minimum absolute atomic E-state index is 0.00102. The van der Waals surface area contributed by atoms with Crippen LogP contribution in [0.3, 0.4) is 0 Å². The summed E-state index contributed by atoms with van der Waals surface area (Å²) in [5.41, 5.74) is -2.47. The molecule has 3 amide bonds. The molecule has 6 heterocycles. The van der Waals surface area contributed by atoms with E-state index in [1.54, 1.807) is 17.9 Å². The van der Waals surface area contributed by atoms with Crippen LogP contribution in [0.15, 0.2) is 35.4 Å². The van der Waals surface area contributed by atoms with Gasteiger partial charge in [0.2, 0.25) is 17.6 Å². The van der Waals surface area contributed by atoms with Gasteiger partial charge in [0, 0.05) is 26.2 Å². The molecule has 3 aromatic heterocycles. The molecule has 0 unspecified atom stereocenters. The number of carbonyl (C=O) groups excluding carboxylic acids is 3. The topological polar surface area (TPSA) is 201 Å². The SMILES string of the molecule is Cc1ncnc(C(=O)N2CCC3(CC2)OCc2c3c(=O)n3nc(C4=CCN(C(=O)C5(C#N)CC5)CC4)nc3n2CC(=O)Nc2ccc(C(F)(F)F)cc2Cl)c1O. The highest BCUT2D eigenvalue weighted by Crippen LogP contribution is 2.47. The lowest BCUT2D eigenvalue weighted by Crippen LogP contribution is -2.47. The van der Waals surface area contributed by atoms with E-state index in [2.05, 4.69) is 31.4 Å². The zero-order chi connectivity index (χ0) is 39.7. The van der Waals surface area contributed by atoms with Gasteiger partial charge >= 0.3 is 6.18 Å². The van der Waals surface area contributed by atoms with E-state index in [0.29, 0.717) is 43.1 Å². The Morgan fingerprint density at radius 2 is 1.86 bits per heavy atom. The monoisotopic (exact) mass is 792 g/mol. The molecule has 2 N–H and O–H groups in total. The third kappa shape index (κ3) is 6.22. The molecule has 1 spiro atoms. The third-order valence-corrected chi connectivity index (χ3v) is 11.2. The molecule has 0 bridgehead atoms. The van der Waals surface area contributed by atoms with Crippen LogP contribution in [0.4, 0.5) is 18.9 Å². The van der Waals surface area contributed by atoms with Crippen LogP contribution in [0.5, 0.6) is 5.75 Å². The number of ether oxygens (including phenoxy) is 1. The molecule has 3 aliphatic heterocycles. The number of likely N-dealkylation sites (tertiary alicyclic amines) is 1. The maximum absolute atomic E-state index is 14.4. The van der Waals surface area contributed by atoms with E-state index in [0.717, 1.165) is 16.6 Å². The fourth-order valence-corrected chi connectivity index (χ4v) is 7.74. The van der Waals surface area contributed by atoms with Gasteiger partial charge in [-0.2, -0.15) is 27.9 Å². The van der Waals surface area contributed by atoms with Crippen LogP contribution in [0.25, 0.3) is 11.4 Å². The van der Waals surface area contributed by atoms with E-state index in [4.69, 9.17) is 16.3 Å². The van der Waals surface area contributed by atoms with Crippen LogP contribution >= 0.6 is 11.6 Å². The number of carbonyl (C=O) groups is 3. The van der Waals surface area contributed by atoms with Crippen molar-refractivity contribution in [3.05, 3.63) is 80.0 Å². The molecule has 2 fully saturated rings. The zero-order valence-electron chi connectivity index (χ0n) is 29.7. The van der Waals surface area contributed by atoms with Gasteiger partial charge in [0.25, 0.3) is 11.5 Å². The standard InChI is InChI=1S/C36H32ClF3N10O6/c1-19-28(52)27(43-18-42-19)31(54)47-12-8-35(9-13-47)26-24(16-56-35)49(15-25(51)44-23-3-2-21(14-22(23)37)36(38,39)40)33-45-29(46-50(33)30(26)53)20-4-10-48(11-5-20)32(55)34(17-41)6-7-34/h2-4,14,18,52H,5-13,15-16H2,1H3,(H,44,51). The van der Waals surface area contributed by atoms with Crippen molar-refractivity contribution in [3.8, 4) is 11.8 Å². The normalized spacial score (nSPS) is 18.4. The van der Waals surface area contributed by atoms with Crippen molar-refractivity contribution in [2.24, 2.45) is 5.41 Å².